The number of hydrogen-bond acceptors (Lipinski definition) is 2. The van der Waals surface area contributed by atoms with Gasteiger partial charge in [-0.25, -0.2) is 4.79 Å². The van der Waals surface area contributed by atoms with E-state index in [0.29, 0.717) is 5.69 Å². The lowest BCUT2D eigenvalue weighted by atomic mass is 10.1. The first-order valence-corrected chi connectivity index (χ1v) is 5.17. The van der Waals surface area contributed by atoms with Crippen molar-refractivity contribution in [2.75, 3.05) is 5.32 Å². The predicted molar refractivity (Wildman–Crippen MR) is 64.8 cm³/mol. The number of anilines is 1. The van der Waals surface area contributed by atoms with Gasteiger partial charge in [0.1, 0.15) is 5.75 Å². The summed E-state index contributed by atoms with van der Waals surface area (Å²) in [6.07, 6.45) is 0. The third-order valence-electron chi connectivity index (χ3n) is 1.89. The van der Waals surface area contributed by atoms with Gasteiger partial charge in [-0.2, -0.15) is 0 Å². The maximum absolute atomic E-state index is 11.6. The van der Waals surface area contributed by atoms with E-state index in [2.05, 4.69) is 10.6 Å². The molecule has 1 aromatic carbocycles. The molecule has 4 nitrogen and oxygen atoms in total. The Labute approximate surface area is 95.7 Å². The Balaban J connectivity index is 2.73. The third kappa shape index (κ3) is 3.81. The van der Waals surface area contributed by atoms with Crippen molar-refractivity contribution in [2.45, 2.75) is 33.2 Å². The molecule has 0 radical (unpaired) electrons. The van der Waals surface area contributed by atoms with Crippen molar-refractivity contribution >= 4 is 11.7 Å². The normalized spacial score (nSPS) is 11.0. The Morgan fingerprint density at radius 1 is 1.31 bits per heavy atom. The van der Waals surface area contributed by atoms with Gasteiger partial charge in [0.25, 0.3) is 0 Å². The summed E-state index contributed by atoms with van der Waals surface area (Å²) < 4.78 is 0. The Hall–Kier alpha value is -1.71. The van der Waals surface area contributed by atoms with E-state index in [-0.39, 0.29) is 17.3 Å². The zero-order valence-corrected chi connectivity index (χ0v) is 10.1. The van der Waals surface area contributed by atoms with E-state index < -0.39 is 0 Å². The van der Waals surface area contributed by atoms with Crippen LogP contribution in [0.3, 0.4) is 0 Å². The highest BCUT2D eigenvalue weighted by Crippen LogP contribution is 2.23. The summed E-state index contributed by atoms with van der Waals surface area (Å²) in [7, 11) is 0. The third-order valence-corrected chi connectivity index (χ3v) is 1.89. The quantitative estimate of drug-likeness (QED) is 0.640. The number of amides is 2. The molecule has 0 aromatic heterocycles. The molecule has 0 heterocycles. The van der Waals surface area contributed by atoms with Crippen LogP contribution in [-0.2, 0) is 0 Å². The Morgan fingerprint density at radius 2 is 1.94 bits per heavy atom. The predicted octanol–water partition coefficient (Wildman–Crippen LogP) is 2.62. The molecule has 0 aliphatic heterocycles. The van der Waals surface area contributed by atoms with Crippen LogP contribution in [-0.4, -0.2) is 16.7 Å². The number of hydrogen-bond donors (Lipinski definition) is 3. The molecule has 0 atom stereocenters. The SMILES string of the molecule is Cc1ccc(O)c(NC(=O)NC(C)(C)C)c1. The molecular weight excluding hydrogens is 204 g/mol. The molecule has 2 amide bonds. The Bertz CT molecular complexity index is 394. The minimum atomic E-state index is -0.326. The minimum Gasteiger partial charge on any atom is -0.506 e. The highest BCUT2D eigenvalue weighted by molar-refractivity contribution is 5.91. The molecular formula is C12H18N2O2. The second kappa shape index (κ2) is 4.43. The standard InChI is InChI=1S/C12H18N2O2/c1-8-5-6-10(15)9(7-8)13-11(16)14-12(2,3)4/h5-7,15H,1-4H3,(H2,13,14,16). The van der Waals surface area contributed by atoms with E-state index in [1.165, 1.54) is 0 Å². The molecule has 88 valence electrons. The minimum absolute atomic E-state index is 0.0645. The van der Waals surface area contributed by atoms with Gasteiger partial charge in [0.2, 0.25) is 0 Å². The molecule has 0 saturated heterocycles. The fraction of sp³-hybridized carbons (Fsp3) is 0.417. The first kappa shape index (κ1) is 12.4. The average molecular weight is 222 g/mol. The summed E-state index contributed by atoms with van der Waals surface area (Å²) >= 11 is 0. The molecule has 4 heteroatoms. The van der Waals surface area contributed by atoms with Gasteiger partial charge >= 0.3 is 6.03 Å². The van der Waals surface area contributed by atoms with Crippen molar-refractivity contribution in [1.82, 2.24) is 5.32 Å². The van der Waals surface area contributed by atoms with E-state index in [9.17, 15) is 9.90 Å². The number of rotatable bonds is 1. The number of carbonyl (C=O) groups is 1. The van der Waals surface area contributed by atoms with Crippen LogP contribution in [0, 0.1) is 6.92 Å². The maximum Gasteiger partial charge on any atom is 0.319 e. The number of carbonyl (C=O) groups excluding carboxylic acids is 1. The van der Waals surface area contributed by atoms with Crippen LogP contribution in [0.2, 0.25) is 0 Å². The van der Waals surface area contributed by atoms with Crippen molar-refractivity contribution in [1.29, 1.82) is 0 Å². The molecule has 0 aliphatic carbocycles. The lowest BCUT2D eigenvalue weighted by molar-refractivity contribution is 0.243. The molecule has 16 heavy (non-hydrogen) atoms. The highest BCUT2D eigenvalue weighted by Gasteiger charge is 2.14. The van der Waals surface area contributed by atoms with Crippen LogP contribution in [0.1, 0.15) is 26.3 Å². The van der Waals surface area contributed by atoms with Crippen molar-refractivity contribution in [2.24, 2.45) is 0 Å². The van der Waals surface area contributed by atoms with Crippen molar-refractivity contribution < 1.29 is 9.90 Å². The topological polar surface area (TPSA) is 61.4 Å². The van der Waals surface area contributed by atoms with Crippen LogP contribution < -0.4 is 10.6 Å². The second-order valence-electron chi connectivity index (χ2n) is 4.85. The zero-order valence-electron chi connectivity index (χ0n) is 10.1. The molecule has 0 spiro atoms. The van der Waals surface area contributed by atoms with Crippen LogP contribution in [0.25, 0.3) is 0 Å². The first-order chi connectivity index (χ1) is 7.28. The number of aromatic hydroxyl groups is 1. The number of aryl methyl sites for hydroxylation is 1. The van der Waals surface area contributed by atoms with Gasteiger partial charge in [-0.1, -0.05) is 6.07 Å². The highest BCUT2D eigenvalue weighted by atomic mass is 16.3. The number of benzene rings is 1. The van der Waals surface area contributed by atoms with E-state index >= 15 is 0 Å². The van der Waals surface area contributed by atoms with Crippen LogP contribution >= 0.6 is 0 Å². The number of phenols is 1. The van der Waals surface area contributed by atoms with Gasteiger partial charge in [-0.15, -0.1) is 0 Å². The fourth-order valence-corrected chi connectivity index (χ4v) is 1.24. The van der Waals surface area contributed by atoms with Crippen molar-refractivity contribution in [3.63, 3.8) is 0 Å². The second-order valence-corrected chi connectivity index (χ2v) is 4.85. The van der Waals surface area contributed by atoms with Crippen molar-refractivity contribution in [3.05, 3.63) is 23.8 Å². The zero-order chi connectivity index (χ0) is 12.3. The average Bonchev–Trinajstić information content (AvgIpc) is 2.08. The molecule has 1 rings (SSSR count). The monoisotopic (exact) mass is 222 g/mol. The molecule has 0 fully saturated rings. The van der Waals surface area contributed by atoms with Gasteiger partial charge in [0.15, 0.2) is 0 Å². The number of nitrogens with one attached hydrogen (secondary N) is 2. The number of phenolic OH excluding ortho intramolecular Hbond substituents is 1. The van der Waals surface area contributed by atoms with Crippen LogP contribution in [0.4, 0.5) is 10.5 Å². The maximum atomic E-state index is 11.6. The smallest absolute Gasteiger partial charge is 0.319 e. The largest absolute Gasteiger partial charge is 0.506 e. The van der Waals surface area contributed by atoms with Gasteiger partial charge in [-0.3, -0.25) is 0 Å². The summed E-state index contributed by atoms with van der Waals surface area (Å²) in [5, 5.41) is 14.9. The van der Waals surface area contributed by atoms with Gasteiger partial charge < -0.3 is 15.7 Å². The van der Waals surface area contributed by atoms with Gasteiger partial charge in [0, 0.05) is 5.54 Å². The molecule has 3 N–H and O–H groups in total. The molecule has 0 saturated carbocycles. The number of urea groups is 1. The van der Waals surface area contributed by atoms with Gasteiger partial charge in [-0.05, 0) is 45.4 Å². The molecule has 1 aromatic rings. The molecule has 0 unspecified atom stereocenters. The lowest BCUT2D eigenvalue weighted by Gasteiger charge is -2.21. The lowest BCUT2D eigenvalue weighted by Crippen LogP contribution is -2.43. The molecule has 0 bridgehead atoms. The van der Waals surface area contributed by atoms with E-state index in [0.717, 1.165) is 5.56 Å². The Morgan fingerprint density at radius 3 is 2.50 bits per heavy atom. The van der Waals surface area contributed by atoms with Crippen molar-refractivity contribution in [3.8, 4) is 5.75 Å². The first-order valence-electron chi connectivity index (χ1n) is 5.17. The van der Waals surface area contributed by atoms with Gasteiger partial charge in [0.05, 0.1) is 5.69 Å². The summed E-state index contributed by atoms with van der Waals surface area (Å²) in [5.41, 5.74) is 1.09. The summed E-state index contributed by atoms with van der Waals surface area (Å²) in [6, 6.07) is 4.73. The Kier molecular flexibility index (Phi) is 3.42. The summed E-state index contributed by atoms with van der Waals surface area (Å²) in [5.74, 6) is 0.0645. The van der Waals surface area contributed by atoms with Crippen LogP contribution in [0.5, 0.6) is 5.75 Å². The van der Waals surface area contributed by atoms with E-state index in [4.69, 9.17) is 0 Å². The van der Waals surface area contributed by atoms with E-state index in [1.54, 1.807) is 18.2 Å². The summed E-state index contributed by atoms with van der Waals surface area (Å²) in [6.45, 7) is 7.57. The van der Waals surface area contributed by atoms with E-state index in [1.807, 2.05) is 27.7 Å². The molecule has 0 aliphatic rings. The van der Waals surface area contributed by atoms with Crippen LogP contribution in [0.15, 0.2) is 18.2 Å². The fourth-order valence-electron chi connectivity index (χ4n) is 1.24. The summed E-state index contributed by atoms with van der Waals surface area (Å²) in [4.78, 5) is 11.6.